The second-order valence-electron chi connectivity index (χ2n) is 5.77. The van der Waals surface area contributed by atoms with Crippen molar-refractivity contribution in [3.63, 3.8) is 0 Å². The number of nitrogens with one attached hydrogen (secondary N) is 1. The Morgan fingerprint density at radius 2 is 2.09 bits per heavy atom. The summed E-state index contributed by atoms with van der Waals surface area (Å²) in [5.74, 6) is 0.676. The lowest BCUT2D eigenvalue weighted by molar-refractivity contribution is -0.122. The molecule has 8 heteroatoms. The van der Waals surface area contributed by atoms with Crippen LogP contribution in [0.5, 0.6) is 0 Å². The van der Waals surface area contributed by atoms with E-state index in [4.69, 9.17) is 4.74 Å². The number of hydrogen-bond donors (Lipinski definition) is 1. The minimum Gasteiger partial charge on any atom is -0.379 e. The quantitative estimate of drug-likeness (QED) is 0.866. The van der Waals surface area contributed by atoms with E-state index in [-0.39, 0.29) is 11.8 Å². The van der Waals surface area contributed by atoms with Crippen LogP contribution in [0.3, 0.4) is 0 Å². The highest BCUT2D eigenvalue weighted by molar-refractivity contribution is 7.91. The minimum atomic E-state index is -3.43. The van der Waals surface area contributed by atoms with Crippen LogP contribution in [-0.4, -0.2) is 44.9 Å². The third-order valence-corrected chi connectivity index (χ3v) is 7.54. The third kappa shape index (κ3) is 3.34. The lowest BCUT2D eigenvalue weighted by atomic mass is 10.3. The fourth-order valence-corrected chi connectivity index (χ4v) is 5.36. The van der Waals surface area contributed by atoms with E-state index < -0.39 is 10.0 Å². The zero-order valence-corrected chi connectivity index (χ0v) is 14.1. The number of carbonyl (C=O) groups is 1. The van der Waals surface area contributed by atoms with E-state index in [1.165, 1.54) is 15.6 Å². The van der Waals surface area contributed by atoms with E-state index in [1.807, 2.05) is 0 Å². The largest absolute Gasteiger partial charge is 0.379 e. The van der Waals surface area contributed by atoms with Crippen LogP contribution in [0.4, 0.5) is 0 Å². The van der Waals surface area contributed by atoms with Crippen molar-refractivity contribution < 1.29 is 17.9 Å². The Hall–Kier alpha value is -0.960. The highest BCUT2D eigenvalue weighted by Gasteiger charge is 2.38. The summed E-state index contributed by atoms with van der Waals surface area (Å²) in [6.45, 7) is 4.12. The lowest BCUT2D eigenvalue weighted by Gasteiger charge is -2.25. The van der Waals surface area contributed by atoms with Crippen LogP contribution in [0.15, 0.2) is 16.3 Å². The van der Waals surface area contributed by atoms with Gasteiger partial charge in [0.05, 0.1) is 19.8 Å². The summed E-state index contributed by atoms with van der Waals surface area (Å²) >= 11 is 1.22. The Kier molecular flexibility index (Phi) is 4.54. The summed E-state index contributed by atoms with van der Waals surface area (Å²) in [5, 5.41) is 2.88. The molecule has 0 radical (unpaired) electrons. The molecule has 0 unspecified atom stereocenters. The second kappa shape index (κ2) is 6.27. The Morgan fingerprint density at radius 1 is 1.41 bits per heavy atom. The molecule has 1 saturated carbocycles. The van der Waals surface area contributed by atoms with Gasteiger partial charge in [-0.3, -0.25) is 4.79 Å². The number of nitrogens with zero attached hydrogens (tertiary/aromatic N) is 1. The summed E-state index contributed by atoms with van der Waals surface area (Å²) in [6.07, 6.45) is 0.951. The summed E-state index contributed by atoms with van der Waals surface area (Å²) in [6, 6.07) is 3.39. The standard InChI is InChI=1S/C14H20N2O4S2/c1-10-8-12(10)14(17)15-9-11-2-3-13(21-11)22(18,19)16-4-6-20-7-5-16/h2-3,10,12H,4-9H2,1H3,(H,15,17)/t10-,12+/m0/s1. The van der Waals surface area contributed by atoms with E-state index in [1.54, 1.807) is 12.1 Å². The molecule has 2 atom stereocenters. The van der Waals surface area contributed by atoms with Crippen LogP contribution in [0.2, 0.25) is 0 Å². The van der Waals surface area contributed by atoms with Gasteiger partial charge in [-0.25, -0.2) is 8.42 Å². The van der Waals surface area contributed by atoms with Crippen molar-refractivity contribution in [1.82, 2.24) is 9.62 Å². The number of rotatable bonds is 5. The third-order valence-electron chi connectivity index (χ3n) is 4.08. The molecule has 2 aliphatic rings. The first-order chi connectivity index (χ1) is 10.5. The van der Waals surface area contributed by atoms with Crippen molar-refractivity contribution in [2.45, 2.75) is 24.1 Å². The van der Waals surface area contributed by atoms with Gasteiger partial charge in [0, 0.05) is 23.9 Å². The molecule has 1 aliphatic carbocycles. The van der Waals surface area contributed by atoms with Crippen LogP contribution in [0.25, 0.3) is 0 Å². The molecule has 0 aromatic carbocycles. The van der Waals surface area contributed by atoms with Gasteiger partial charge in [-0.1, -0.05) is 6.92 Å². The molecule has 22 heavy (non-hydrogen) atoms. The van der Waals surface area contributed by atoms with Crippen LogP contribution in [0, 0.1) is 11.8 Å². The molecule has 122 valence electrons. The Bertz CT molecular complexity index is 650. The molecule has 1 aromatic heterocycles. The Balaban J connectivity index is 1.61. The molecule has 1 amide bonds. The first kappa shape index (κ1) is 15.9. The van der Waals surface area contributed by atoms with Gasteiger partial charge in [-0.15, -0.1) is 11.3 Å². The number of morpholine rings is 1. The van der Waals surface area contributed by atoms with E-state index in [2.05, 4.69) is 12.2 Å². The molecule has 2 heterocycles. The smallest absolute Gasteiger partial charge is 0.252 e. The summed E-state index contributed by atoms with van der Waals surface area (Å²) < 4.78 is 32.0. The zero-order chi connectivity index (χ0) is 15.7. The Morgan fingerprint density at radius 3 is 2.73 bits per heavy atom. The average Bonchev–Trinajstić information content (AvgIpc) is 3.06. The fourth-order valence-electron chi connectivity index (χ4n) is 2.50. The number of amides is 1. The predicted octanol–water partition coefficient (Wildman–Crippen LogP) is 1.04. The SMILES string of the molecule is C[C@H]1C[C@H]1C(=O)NCc1ccc(S(=O)(=O)N2CCOCC2)s1. The van der Waals surface area contributed by atoms with E-state index in [0.717, 1.165) is 11.3 Å². The molecule has 1 N–H and O–H groups in total. The summed E-state index contributed by atoms with van der Waals surface area (Å²) in [5.41, 5.74) is 0. The van der Waals surface area contributed by atoms with Gasteiger partial charge >= 0.3 is 0 Å². The topological polar surface area (TPSA) is 75.7 Å². The van der Waals surface area contributed by atoms with Crippen LogP contribution in [0.1, 0.15) is 18.2 Å². The number of carbonyl (C=O) groups excluding carboxylic acids is 1. The zero-order valence-electron chi connectivity index (χ0n) is 12.4. The van der Waals surface area contributed by atoms with Gasteiger partial charge in [0.2, 0.25) is 5.91 Å². The van der Waals surface area contributed by atoms with Crippen LogP contribution >= 0.6 is 11.3 Å². The molecular formula is C14H20N2O4S2. The van der Waals surface area contributed by atoms with Crippen molar-refractivity contribution in [3.05, 3.63) is 17.0 Å². The van der Waals surface area contributed by atoms with Gasteiger partial charge < -0.3 is 10.1 Å². The van der Waals surface area contributed by atoms with Crippen molar-refractivity contribution in [1.29, 1.82) is 0 Å². The normalized spacial score (nSPS) is 25.9. The van der Waals surface area contributed by atoms with Gasteiger partial charge in [-0.2, -0.15) is 4.31 Å². The number of sulfonamides is 1. The highest BCUT2D eigenvalue weighted by Crippen LogP contribution is 2.37. The lowest BCUT2D eigenvalue weighted by Crippen LogP contribution is -2.40. The average molecular weight is 344 g/mol. The predicted molar refractivity (Wildman–Crippen MR) is 83.0 cm³/mol. The number of ether oxygens (including phenoxy) is 1. The van der Waals surface area contributed by atoms with E-state index in [9.17, 15) is 13.2 Å². The molecule has 1 aliphatic heterocycles. The van der Waals surface area contributed by atoms with Crippen molar-refractivity contribution in [2.75, 3.05) is 26.3 Å². The number of hydrogen-bond acceptors (Lipinski definition) is 5. The van der Waals surface area contributed by atoms with E-state index in [0.29, 0.717) is 43.0 Å². The molecule has 0 spiro atoms. The maximum Gasteiger partial charge on any atom is 0.252 e. The van der Waals surface area contributed by atoms with Crippen molar-refractivity contribution >= 4 is 27.3 Å². The first-order valence-corrected chi connectivity index (χ1v) is 9.68. The molecular weight excluding hydrogens is 324 g/mol. The Labute approximate surface area is 134 Å². The molecule has 2 fully saturated rings. The number of thiophene rings is 1. The van der Waals surface area contributed by atoms with Crippen LogP contribution in [-0.2, 0) is 26.1 Å². The van der Waals surface area contributed by atoms with Gasteiger partial charge in [-0.05, 0) is 24.5 Å². The van der Waals surface area contributed by atoms with E-state index >= 15 is 0 Å². The monoisotopic (exact) mass is 344 g/mol. The van der Waals surface area contributed by atoms with Gasteiger partial charge in [0.15, 0.2) is 0 Å². The summed E-state index contributed by atoms with van der Waals surface area (Å²) in [4.78, 5) is 12.6. The van der Waals surface area contributed by atoms with Gasteiger partial charge in [0.25, 0.3) is 10.0 Å². The van der Waals surface area contributed by atoms with Crippen molar-refractivity contribution in [2.24, 2.45) is 11.8 Å². The molecule has 1 aromatic rings. The van der Waals surface area contributed by atoms with Crippen molar-refractivity contribution in [3.8, 4) is 0 Å². The highest BCUT2D eigenvalue weighted by atomic mass is 32.2. The fraction of sp³-hybridized carbons (Fsp3) is 0.643. The minimum absolute atomic E-state index is 0.0680. The maximum absolute atomic E-state index is 12.5. The molecule has 0 bridgehead atoms. The van der Waals surface area contributed by atoms with Crippen LogP contribution < -0.4 is 5.32 Å². The molecule has 1 saturated heterocycles. The molecule has 6 nitrogen and oxygen atoms in total. The van der Waals surface area contributed by atoms with Gasteiger partial charge in [0.1, 0.15) is 4.21 Å². The maximum atomic E-state index is 12.5. The summed E-state index contributed by atoms with van der Waals surface area (Å²) in [7, 11) is -3.43. The molecule has 3 rings (SSSR count). The second-order valence-corrected chi connectivity index (χ2v) is 9.11. The first-order valence-electron chi connectivity index (χ1n) is 7.43.